The highest BCUT2D eigenvalue weighted by atomic mass is 31.2. The number of carbonyl (C=O) groups excluding carboxylic acids is 12. The molecule has 2 fully saturated rings. The van der Waals surface area contributed by atoms with Crippen LogP contribution in [0.3, 0.4) is 0 Å². The monoisotopic (exact) mass is 1590 g/mol. The van der Waals surface area contributed by atoms with Crippen molar-refractivity contribution in [2.24, 2.45) is 0 Å². The fourth-order valence-corrected chi connectivity index (χ4v) is 11.9. The quantitative estimate of drug-likeness (QED) is 0.0163. The Kier molecular flexibility index (Phi) is 36.5. The van der Waals surface area contributed by atoms with Gasteiger partial charge in [0, 0.05) is 123 Å². The van der Waals surface area contributed by atoms with Gasteiger partial charge in [-0.15, -0.1) is 10.1 Å². The van der Waals surface area contributed by atoms with Gasteiger partial charge in [0.1, 0.15) is 34.6 Å². The van der Waals surface area contributed by atoms with Crippen molar-refractivity contribution < 1.29 is 143 Å². The van der Waals surface area contributed by atoms with Crippen LogP contribution in [-0.2, 0) is 111 Å². The molecule has 2 aliphatic heterocycles. The average molecular weight is 1590 g/mol. The van der Waals surface area contributed by atoms with Gasteiger partial charge < -0.3 is 53.5 Å². The Morgan fingerprint density at radius 1 is 0.361 bits per heavy atom. The van der Waals surface area contributed by atoms with Gasteiger partial charge in [-0.1, -0.05) is 61.5 Å². The van der Waals surface area contributed by atoms with E-state index in [4.69, 9.17) is 48.8 Å². The number of hydroxylamine groups is 4. The Balaban J connectivity index is 0.000000391. The number of carbonyl (C=O) groups is 12. The number of Topliss-reactive ketones (excluding diaryl/α,β-unsaturated/α-hetero) is 2. The second kappa shape index (κ2) is 44.2. The van der Waals surface area contributed by atoms with Crippen molar-refractivity contribution in [2.45, 2.75) is 141 Å². The first-order chi connectivity index (χ1) is 50.8. The lowest BCUT2D eigenvalue weighted by molar-refractivity contribution is -0.197. The third kappa shape index (κ3) is 37.5. The molecule has 2 saturated heterocycles. The number of hydrogen-bond acceptors (Lipinski definition) is 22. The first-order valence-corrected chi connectivity index (χ1v) is 40.0. The van der Waals surface area contributed by atoms with E-state index in [1.54, 1.807) is 0 Å². The van der Waals surface area contributed by atoms with E-state index in [0.717, 1.165) is 5.06 Å². The third-order valence-corrected chi connectivity index (χ3v) is 17.3. The molecule has 0 saturated carbocycles. The van der Waals surface area contributed by atoms with Crippen molar-refractivity contribution >= 4 is 102 Å². The number of benzene rings is 4. The van der Waals surface area contributed by atoms with Crippen molar-refractivity contribution in [3.63, 3.8) is 0 Å². The Labute approximate surface area is 619 Å². The highest BCUT2D eigenvalue weighted by Gasteiger charge is 2.33. The van der Waals surface area contributed by atoms with Gasteiger partial charge in [-0.05, 0) is 116 Å². The van der Waals surface area contributed by atoms with E-state index in [9.17, 15) is 75.8 Å². The first kappa shape index (κ1) is 89.3. The van der Waals surface area contributed by atoms with Crippen LogP contribution in [0.15, 0.2) is 109 Å². The minimum absolute atomic E-state index is 0.0245. The normalized spacial score (nSPS) is 13.0. The molecular formula is C67H87N7O30P4. The number of phosphoric ester groups is 4. The molecule has 0 aliphatic carbocycles. The number of nitrogens with one attached hydrogen (secondary N) is 3. The van der Waals surface area contributed by atoms with Crippen molar-refractivity contribution in [3.05, 3.63) is 132 Å². The van der Waals surface area contributed by atoms with E-state index in [2.05, 4.69) is 40.6 Å². The molecular weight excluding hydrogens is 1510 g/mol. The number of imide groups is 1. The molecule has 0 atom stereocenters. The summed E-state index contributed by atoms with van der Waals surface area (Å²) in [6, 6.07) is 22.5. The molecule has 0 spiro atoms. The van der Waals surface area contributed by atoms with Gasteiger partial charge in [-0.2, -0.15) is 0 Å². The summed E-state index contributed by atoms with van der Waals surface area (Å²) in [5.74, 6) is -5.17. The summed E-state index contributed by atoms with van der Waals surface area (Å²) in [5.41, 5.74) is 2.71. The molecule has 590 valence electrons. The van der Waals surface area contributed by atoms with Crippen molar-refractivity contribution in [1.29, 1.82) is 0 Å². The summed E-state index contributed by atoms with van der Waals surface area (Å²) < 4.78 is 62.0. The van der Waals surface area contributed by atoms with Crippen molar-refractivity contribution in [3.8, 4) is 23.0 Å². The van der Waals surface area contributed by atoms with Crippen molar-refractivity contribution in [1.82, 2.24) is 35.9 Å². The average Bonchev–Trinajstić information content (AvgIpc) is 1.61. The maximum absolute atomic E-state index is 13.2. The summed E-state index contributed by atoms with van der Waals surface area (Å²) in [7, 11) is -18.9. The molecule has 4 aromatic rings. The number of nitrogens with zero attached hydrogens (tertiary/aromatic N) is 4. The van der Waals surface area contributed by atoms with Crippen LogP contribution >= 0.6 is 31.3 Å². The number of unbranched alkanes of at least 4 members (excludes halogenated alkanes) is 2. The van der Waals surface area contributed by atoms with Crippen LogP contribution < -0.4 is 34.0 Å². The predicted octanol–water partition coefficient (Wildman–Crippen LogP) is 4.64. The Morgan fingerprint density at radius 2 is 0.685 bits per heavy atom. The molecule has 2 aliphatic rings. The minimum atomic E-state index is -4.73. The lowest BCUT2D eigenvalue weighted by Gasteiger charge is -2.23. The number of ketones is 2. The topological polar surface area (TPSA) is 539 Å². The SMILES string of the molecule is C=C1CCC(=O)N1OC(=O)CCCCCNC(=O)CCCC(=O)N(CCCC(=O)Cc1ccc(OP(=O)(O)O)cc1)CCNC(=O)Cc1ccc(OP(=O)(O)O)cc1.O=C(CCCN(CCNC(=O)Cc1ccc(OP(=O)(O)O)cc1)C(=O)CCCC(=O)ON1C(=O)CCC1=O)Cc1ccc(OP(=O)(O)O)cc1. The first-order valence-electron chi connectivity index (χ1n) is 33.9. The Hall–Kier alpha value is -9.34. The molecule has 4 aromatic carbocycles. The molecule has 0 aromatic heterocycles. The van der Waals surface area contributed by atoms with Crippen LogP contribution in [0.1, 0.15) is 138 Å². The minimum Gasteiger partial charge on any atom is -0.404 e. The van der Waals surface area contributed by atoms with Crippen LogP contribution in [0.4, 0.5) is 0 Å². The second-order valence-electron chi connectivity index (χ2n) is 24.5. The molecule has 37 nitrogen and oxygen atoms in total. The molecule has 41 heteroatoms. The largest absolute Gasteiger partial charge is 0.524 e. The summed E-state index contributed by atoms with van der Waals surface area (Å²) in [4.78, 5) is 233. The number of phosphoric acid groups is 4. The zero-order chi connectivity index (χ0) is 79.6. The van der Waals surface area contributed by atoms with Gasteiger partial charge in [-0.3, -0.25) is 87.1 Å². The molecule has 108 heavy (non-hydrogen) atoms. The molecule has 2 heterocycles. The zero-order valence-electron chi connectivity index (χ0n) is 58.6. The highest BCUT2D eigenvalue weighted by molar-refractivity contribution is 7.47. The van der Waals surface area contributed by atoms with E-state index >= 15 is 0 Å². The standard InChI is InChI=1S/C37H50N4O15P2.C30H37N3O15P2/c1-27-11-20-36(46)41(27)54-37(47)10-3-2-4-21-38-33(43)8-5-9-35(45)40(23-6-7-30(42)25-28-12-16-31(17-13-28)55-57(48,49)50)24-22-39-34(44)26-29-14-18-32(19-15-29)56-58(51,52)53;34-23(19-21-6-10-24(11-7-21)47-49(40,41)42)3-2-17-32(27(36)4-1-5-30(39)46-33-28(37)14-15-29(33)38)18-16-31-26(35)20-22-8-12-25(13-9-22)48-50(43,44)45/h12-19H,1-11,20-26H2,(H,38,43)(H,39,44)(H2,48,49,50)(H2,51,52,53);6-13H,1-5,14-20H2,(H,31,35)(H2,40,41,42)(H2,43,44,45). The summed E-state index contributed by atoms with van der Waals surface area (Å²) in [5, 5.41) is 9.57. The number of rotatable bonds is 46. The molecule has 0 radical (unpaired) electrons. The van der Waals surface area contributed by atoms with Gasteiger partial charge >= 0.3 is 43.2 Å². The highest BCUT2D eigenvalue weighted by Crippen LogP contribution is 2.40. The molecule has 0 unspecified atom stereocenters. The summed E-state index contributed by atoms with van der Waals surface area (Å²) in [6.07, 6.45) is 3.26. The van der Waals surface area contributed by atoms with E-state index in [1.165, 1.54) is 107 Å². The van der Waals surface area contributed by atoms with Crippen LogP contribution in [0, 0.1) is 0 Å². The smallest absolute Gasteiger partial charge is 0.404 e. The van der Waals surface area contributed by atoms with Crippen LogP contribution in [0.2, 0.25) is 0 Å². The fraction of sp³-hybridized carbons (Fsp3) is 0.433. The van der Waals surface area contributed by atoms with Gasteiger partial charge in [-0.25, -0.2) is 27.8 Å². The third-order valence-electron chi connectivity index (χ3n) is 15.5. The summed E-state index contributed by atoms with van der Waals surface area (Å²) in [6.45, 7) is 4.72. The predicted molar refractivity (Wildman–Crippen MR) is 377 cm³/mol. The van der Waals surface area contributed by atoms with E-state index in [-0.39, 0.29) is 213 Å². The number of allylic oxidation sites excluding steroid dienone is 1. The number of amides is 8. The number of hydrogen-bond donors (Lipinski definition) is 11. The lowest BCUT2D eigenvalue weighted by atomic mass is 10.1. The molecule has 8 amide bonds. The maximum atomic E-state index is 13.2. The van der Waals surface area contributed by atoms with Crippen LogP contribution in [-0.4, -0.2) is 176 Å². The van der Waals surface area contributed by atoms with Gasteiger partial charge in [0.15, 0.2) is 0 Å². The van der Waals surface area contributed by atoms with Crippen LogP contribution in [0.5, 0.6) is 23.0 Å². The van der Waals surface area contributed by atoms with E-state index in [1.807, 2.05) is 0 Å². The van der Waals surface area contributed by atoms with E-state index < -0.39 is 61.0 Å². The maximum Gasteiger partial charge on any atom is 0.524 e. The molecule has 6 rings (SSSR count). The van der Waals surface area contributed by atoms with Gasteiger partial charge in [0.05, 0.1) is 18.5 Å². The van der Waals surface area contributed by atoms with Gasteiger partial charge in [0.25, 0.3) is 17.7 Å². The Bertz CT molecular complexity index is 3780. The van der Waals surface area contributed by atoms with Gasteiger partial charge in [0.2, 0.25) is 29.5 Å². The lowest BCUT2D eigenvalue weighted by Crippen LogP contribution is -2.39. The molecule has 0 bridgehead atoms. The fourth-order valence-electron chi connectivity index (χ4n) is 10.4. The summed E-state index contributed by atoms with van der Waals surface area (Å²) >= 11 is 0. The molecule has 11 N–H and O–H groups in total. The van der Waals surface area contributed by atoms with Crippen molar-refractivity contribution in [2.75, 3.05) is 45.8 Å². The Morgan fingerprint density at radius 3 is 1.05 bits per heavy atom. The van der Waals surface area contributed by atoms with Crippen LogP contribution in [0.25, 0.3) is 0 Å². The van der Waals surface area contributed by atoms with E-state index in [0.29, 0.717) is 71.7 Å². The second-order valence-corrected chi connectivity index (χ2v) is 29.1. The zero-order valence-corrected chi connectivity index (χ0v) is 62.2.